The third kappa shape index (κ3) is 18.9. The predicted octanol–water partition coefficient (Wildman–Crippen LogP) is 8.89. The van der Waals surface area contributed by atoms with Crippen LogP contribution in [0.3, 0.4) is 0 Å². The lowest BCUT2D eigenvalue weighted by Gasteiger charge is -2.44. The summed E-state index contributed by atoms with van der Waals surface area (Å²) in [5.74, 6) is 0. The minimum atomic E-state index is -2.48. The molecular weight excluding hydrogens is 625 g/mol. The molecule has 0 bridgehead atoms. The van der Waals surface area contributed by atoms with Crippen LogP contribution >= 0.6 is 0 Å². The lowest BCUT2D eigenvalue weighted by atomic mass is 10.5. The van der Waals surface area contributed by atoms with Gasteiger partial charge in [-0.3, -0.25) is 0 Å². The van der Waals surface area contributed by atoms with Crippen molar-refractivity contribution in [2.24, 2.45) is 0 Å². The van der Waals surface area contributed by atoms with Gasteiger partial charge >= 0.3 is 17.4 Å². The second-order valence-electron chi connectivity index (χ2n) is 15.2. The van der Waals surface area contributed by atoms with E-state index in [0.29, 0.717) is 19.8 Å². The van der Waals surface area contributed by atoms with Crippen molar-refractivity contribution in [2.45, 2.75) is 145 Å². The fourth-order valence-corrected chi connectivity index (χ4v) is 30.6. The zero-order chi connectivity index (χ0) is 33.5. The zero-order valence-corrected chi connectivity index (χ0v) is 37.7. The van der Waals surface area contributed by atoms with Crippen LogP contribution in [0.1, 0.15) is 47.5 Å². The van der Waals surface area contributed by atoms with Crippen molar-refractivity contribution in [2.75, 3.05) is 46.1 Å². The molecule has 256 valence electrons. The Bertz CT molecular complexity index is 643. The molecule has 0 aromatic heterocycles. The van der Waals surface area contributed by atoms with Crippen molar-refractivity contribution in [3.05, 3.63) is 0 Å². The van der Waals surface area contributed by atoms with E-state index in [1.807, 2.05) is 20.8 Å². The highest BCUT2D eigenvalue weighted by atomic mass is 28.4. The molecule has 0 spiro atoms. The van der Waals surface area contributed by atoms with Gasteiger partial charge in [0.1, 0.15) is 32.9 Å². The molecule has 0 aromatic rings. The molecule has 0 saturated carbocycles. The van der Waals surface area contributed by atoms with Crippen LogP contribution in [0.5, 0.6) is 0 Å². The van der Waals surface area contributed by atoms with E-state index >= 15 is 0 Å². The largest absolute Gasteiger partial charge is 0.500 e. The number of nitrogens with zero attached hydrogens (tertiary/aromatic N) is 2. The minimum absolute atomic E-state index is 0.665. The second kappa shape index (κ2) is 20.3. The molecule has 7 nitrogen and oxygen atoms in total. The molecule has 0 radical (unpaired) electrons. The quantitative estimate of drug-likeness (QED) is 0.105. The molecule has 0 aliphatic rings. The van der Waals surface area contributed by atoms with Crippen LogP contribution in [0.25, 0.3) is 0 Å². The normalized spacial score (nSPS) is 14.0. The molecule has 0 aromatic carbocycles. The van der Waals surface area contributed by atoms with Gasteiger partial charge < -0.3 is 30.6 Å². The Labute approximate surface area is 270 Å². The standard InChI is InChI=1S/C15H39NO3Si3.C14H37NO2Si3/c1-10-17-22(18-11-2,19-12-3)15-13-14-16(20(4,5)6)21(7,8)9;1-10-16-20(9,17-11-2)14-12-13-15(18(3,4)5)19(6,7)8/h10-15H2,1-9H3;10-14H2,1-9H3. The Kier molecular flexibility index (Phi) is 21.8. The molecule has 0 saturated heterocycles. The van der Waals surface area contributed by atoms with E-state index in [1.54, 1.807) is 0 Å². The fraction of sp³-hybridized carbons (Fsp3) is 1.00. The van der Waals surface area contributed by atoms with Gasteiger partial charge in [-0.25, -0.2) is 0 Å². The summed E-state index contributed by atoms with van der Waals surface area (Å²) in [7, 11) is -9.43. The van der Waals surface area contributed by atoms with Crippen LogP contribution in [0.2, 0.25) is 97.2 Å². The zero-order valence-electron chi connectivity index (χ0n) is 31.7. The van der Waals surface area contributed by atoms with Crippen molar-refractivity contribution >= 4 is 50.3 Å². The molecule has 0 heterocycles. The van der Waals surface area contributed by atoms with Gasteiger partial charge in [-0.05, 0) is 73.1 Å². The molecule has 0 aliphatic carbocycles. The van der Waals surface area contributed by atoms with Gasteiger partial charge in [0, 0.05) is 39.1 Å². The van der Waals surface area contributed by atoms with E-state index in [2.05, 4.69) is 107 Å². The minimum Gasteiger partial charge on any atom is -0.395 e. The Balaban J connectivity index is 0. The van der Waals surface area contributed by atoms with E-state index in [-0.39, 0.29) is 0 Å². The Hall–Kier alpha value is 1.02. The first-order chi connectivity index (χ1) is 19.0. The summed E-state index contributed by atoms with van der Waals surface area (Å²) in [6, 6.07) is 2.04. The van der Waals surface area contributed by atoms with E-state index in [4.69, 9.17) is 22.1 Å². The highest BCUT2D eigenvalue weighted by Gasteiger charge is 2.41. The maximum Gasteiger partial charge on any atom is 0.500 e. The predicted molar refractivity (Wildman–Crippen MR) is 201 cm³/mol. The summed E-state index contributed by atoms with van der Waals surface area (Å²) < 4.78 is 35.5. The van der Waals surface area contributed by atoms with Gasteiger partial charge in [0.15, 0.2) is 0 Å². The molecule has 0 N–H and O–H groups in total. The fourth-order valence-electron chi connectivity index (χ4n) is 6.16. The molecule has 0 aliphatic heterocycles. The van der Waals surface area contributed by atoms with Gasteiger partial charge in [0.05, 0.1) is 0 Å². The summed E-state index contributed by atoms with van der Waals surface area (Å²) in [4.78, 5) is 0. The summed E-state index contributed by atoms with van der Waals surface area (Å²) in [5.41, 5.74) is 0. The highest BCUT2D eigenvalue weighted by Crippen LogP contribution is 2.25. The SMILES string of the molecule is CCO[Si](C)(CCCN([Si](C)(C)C)[Si](C)(C)C)OCC.CCO[Si](CCCN([Si](C)(C)C)[Si](C)(C)C)(OCC)OCC. The van der Waals surface area contributed by atoms with Crippen LogP contribution in [0.15, 0.2) is 0 Å². The van der Waals surface area contributed by atoms with Crippen LogP contribution in [-0.2, 0) is 22.1 Å². The number of rotatable bonds is 22. The van der Waals surface area contributed by atoms with Crippen LogP contribution in [0, 0.1) is 0 Å². The van der Waals surface area contributed by atoms with Crippen LogP contribution < -0.4 is 0 Å². The summed E-state index contributed by atoms with van der Waals surface area (Å²) in [6.45, 7) is 47.8. The Morgan fingerprint density at radius 2 is 0.643 bits per heavy atom. The molecular formula is C29H76N2O5Si6. The maximum atomic E-state index is 5.96. The maximum absolute atomic E-state index is 5.96. The van der Waals surface area contributed by atoms with Crippen molar-refractivity contribution < 1.29 is 22.1 Å². The lowest BCUT2D eigenvalue weighted by Crippen LogP contribution is -2.59. The van der Waals surface area contributed by atoms with E-state index in [0.717, 1.165) is 38.3 Å². The van der Waals surface area contributed by atoms with Crippen molar-refractivity contribution in [3.63, 3.8) is 0 Å². The lowest BCUT2D eigenvalue weighted by molar-refractivity contribution is 0.0706. The average molecular weight is 701 g/mol. The topological polar surface area (TPSA) is 52.6 Å². The van der Waals surface area contributed by atoms with E-state index in [9.17, 15) is 0 Å². The van der Waals surface area contributed by atoms with E-state index in [1.165, 1.54) is 13.0 Å². The van der Waals surface area contributed by atoms with Crippen LogP contribution in [0.4, 0.5) is 0 Å². The average Bonchev–Trinajstić information content (AvgIpc) is 2.77. The summed E-state index contributed by atoms with van der Waals surface area (Å²) in [6.07, 6.45) is 2.30. The molecule has 0 atom stereocenters. The third-order valence-corrected chi connectivity index (χ3v) is 28.7. The number of hydrogen-bond donors (Lipinski definition) is 0. The molecule has 0 rings (SSSR count). The van der Waals surface area contributed by atoms with Gasteiger partial charge in [0.25, 0.3) is 0 Å². The Morgan fingerprint density at radius 3 is 0.881 bits per heavy atom. The summed E-state index contributed by atoms with van der Waals surface area (Å²) >= 11 is 0. The smallest absolute Gasteiger partial charge is 0.395 e. The van der Waals surface area contributed by atoms with Crippen molar-refractivity contribution in [1.82, 2.24) is 8.46 Å². The van der Waals surface area contributed by atoms with Crippen LogP contribution in [-0.4, -0.2) is 105 Å². The second-order valence-corrected chi connectivity index (χ2v) is 41.7. The first kappa shape index (κ1) is 45.1. The first-order valence-electron chi connectivity index (χ1n) is 16.7. The molecule has 0 amide bonds. The van der Waals surface area contributed by atoms with Gasteiger partial charge in [0.2, 0.25) is 0 Å². The van der Waals surface area contributed by atoms with E-state index < -0.39 is 50.3 Å². The third-order valence-electron chi connectivity index (χ3n) is 7.11. The van der Waals surface area contributed by atoms with Crippen molar-refractivity contribution in [1.29, 1.82) is 0 Å². The number of hydrogen-bond acceptors (Lipinski definition) is 7. The highest BCUT2D eigenvalue weighted by molar-refractivity contribution is 6.90. The molecule has 13 heteroatoms. The van der Waals surface area contributed by atoms with Gasteiger partial charge in [-0.2, -0.15) is 0 Å². The van der Waals surface area contributed by atoms with Gasteiger partial charge in [-0.1, -0.05) is 78.6 Å². The van der Waals surface area contributed by atoms with Crippen molar-refractivity contribution in [3.8, 4) is 0 Å². The molecule has 42 heavy (non-hydrogen) atoms. The first-order valence-corrected chi connectivity index (χ1v) is 35.0. The molecule has 0 fully saturated rings. The Morgan fingerprint density at radius 1 is 0.381 bits per heavy atom. The van der Waals surface area contributed by atoms with Gasteiger partial charge in [-0.15, -0.1) is 0 Å². The molecule has 0 unspecified atom stereocenters. The monoisotopic (exact) mass is 700 g/mol. The summed E-state index contributed by atoms with van der Waals surface area (Å²) in [5, 5.41) is 0.